The van der Waals surface area contributed by atoms with Crippen LogP contribution in [0.15, 0.2) is 104 Å². The number of anilines is 3. The van der Waals surface area contributed by atoms with Crippen LogP contribution in [0.25, 0.3) is 11.1 Å². The van der Waals surface area contributed by atoms with Crippen molar-refractivity contribution in [2.75, 3.05) is 4.90 Å². The maximum absolute atomic E-state index is 11.5. The molecule has 176 valence electrons. The molecule has 35 heavy (non-hydrogen) atoms. The third kappa shape index (κ3) is 5.52. The fourth-order valence-corrected chi connectivity index (χ4v) is 4.05. The van der Waals surface area contributed by atoms with Crippen molar-refractivity contribution >= 4 is 23.0 Å². The standard InChI is InChI=1S/C32H31NO2/c1-6-32(34)35-25(5)26-10-12-27(13-11-26)28-14-19-30(20-15-28)33(29-16-7-22(2)8-17-29)31-18-9-23(3)24(4)21-31/h6-21,25H,1H2,2-5H3. The Kier molecular flexibility index (Phi) is 7.17. The van der Waals surface area contributed by atoms with E-state index in [0.717, 1.165) is 33.8 Å². The molecule has 4 rings (SSSR count). The van der Waals surface area contributed by atoms with Crippen molar-refractivity contribution in [2.45, 2.75) is 33.8 Å². The molecule has 0 aliphatic rings. The van der Waals surface area contributed by atoms with E-state index >= 15 is 0 Å². The van der Waals surface area contributed by atoms with Gasteiger partial charge in [0.25, 0.3) is 0 Å². The summed E-state index contributed by atoms with van der Waals surface area (Å²) in [4.78, 5) is 13.8. The fourth-order valence-electron chi connectivity index (χ4n) is 4.05. The monoisotopic (exact) mass is 461 g/mol. The molecule has 1 atom stereocenters. The molecule has 3 nitrogen and oxygen atoms in total. The first kappa shape index (κ1) is 24.0. The number of hydrogen-bond acceptors (Lipinski definition) is 3. The SMILES string of the molecule is C=CC(=O)OC(C)c1ccc(-c2ccc(N(c3ccc(C)cc3)c3ccc(C)c(C)c3)cc2)cc1. The van der Waals surface area contributed by atoms with E-state index in [1.165, 1.54) is 22.8 Å². The number of nitrogens with zero attached hydrogens (tertiary/aromatic N) is 1. The molecule has 0 saturated carbocycles. The third-order valence-electron chi connectivity index (χ3n) is 6.34. The Hall–Kier alpha value is -4.11. The molecule has 0 amide bonds. The van der Waals surface area contributed by atoms with E-state index in [1.807, 2.05) is 19.1 Å². The van der Waals surface area contributed by atoms with Gasteiger partial charge < -0.3 is 9.64 Å². The van der Waals surface area contributed by atoms with Gasteiger partial charge in [-0.15, -0.1) is 0 Å². The smallest absolute Gasteiger partial charge is 0.330 e. The number of benzene rings is 4. The van der Waals surface area contributed by atoms with E-state index in [1.54, 1.807) is 0 Å². The second kappa shape index (κ2) is 10.4. The summed E-state index contributed by atoms with van der Waals surface area (Å²) in [6.07, 6.45) is 0.863. The van der Waals surface area contributed by atoms with Crippen LogP contribution in [0.5, 0.6) is 0 Å². The second-order valence-electron chi connectivity index (χ2n) is 8.89. The van der Waals surface area contributed by atoms with Gasteiger partial charge in [0.15, 0.2) is 0 Å². The van der Waals surface area contributed by atoms with Crippen molar-refractivity contribution in [2.24, 2.45) is 0 Å². The number of carbonyl (C=O) groups excluding carboxylic acids is 1. The van der Waals surface area contributed by atoms with Crippen molar-refractivity contribution < 1.29 is 9.53 Å². The molecular weight excluding hydrogens is 430 g/mol. The van der Waals surface area contributed by atoms with E-state index in [-0.39, 0.29) is 6.10 Å². The zero-order chi connectivity index (χ0) is 24.9. The molecule has 0 radical (unpaired) electrons. The molecule has 0 saturated heterocycles. The van der Waals surface area contributed by atoms with Gasteiger partial charge in [0.1, 0.15) is 6.10 Å². The van der Waals surface area contributed by atoms with Gasteiger partial charge in [-0.1, -0.05) is 66.7 Å². The van der Waals surface area contributed by atoms with E-state index in [4.69, 9.17) is 4.74 Å². The van der Waals surface area contributed by atoms with Crippen LogP contribution in [-0.4, -0.2) is 5.97 Å². The maximum atomic E-state index is 11.5. The van der Waals surface area contributed by atoms with E-state index in [2.05, 4.69) is 111 Å². The van der Waals surface area contributed by atoms with Crippen molar-refractivity contribution in [1.82, 2.24) is 0 Å². The number of rotatable bonds is 7. The normalized spacial score (nSPS) is 11.5. The summed E-state index contributed by atoms with van der Waals surface area (Å²) in [5.74, 6) is -0.418. The highest BCUT2D eigenvalue weighted by Crippen LogP contribution is 2.36. The first-order chi connectivity index (χ1) is 16.9. The second-order valence-corrected chi connectivity index (χ2v) is 8.89. The summed E-state index contributed by atoms with van der Waals surface area (Å²) in [6, 6.07) is 31.9. The number of hydrogen-bond donors (Lipinski definition) is 0. The minimum absolute atomic E-state index is 0.321. The Labute approximate surface area is 208 Å². The Morgan fingerprint density at radius 2 is 1.26 bits per heavy atom. The lowest BCUT2D eigenvalue weighted by molar-refractivity contribution is -0.142. The highest BCUT2D eigenvalue weighted by atomic mass is 16.5. The highest BCUT2D eigenvalue weighted by Gasteiger charge is 2.14. The number of aryl methyl sites for hydroxylation is 3. The minimum atomic E-state index is -0.418. The summed E-state index contributed by atoms with van der Waals surface area (Å²) in [6.45, 7) is 11.7. The van der Waals surface area contributed by atoms with Crippen molar-refractivity contribution in [3.8, 4) is 11.1 Å². The van der Waals surface area contributed by atoms with Crippen LogP contribution in [-0.2, 0) is 9.53 Å². The predicted octanol–water partition coefficient (Wildman–Crippen LogP) is 8.54. The van der Waals surface area contributed by atoms with Gasteiger partial charge in [-0.2, -0.15) is 0 Å². The topological polar surface area (TPSA) is 29.5 Å². The van der Waals surface area contributed by atoms with E-state index in [0.29, 0.717) is 0 Å². The highest BCUT2D eigenvalue weighted by molar-refractivity contribution is 5.81. The van der Waals surface area contributed by atoms with Crippen molar-refractivity contribution in [3.05, 3.63) is 126 Å². The molecule has 0 bridgehead atoms. The first-order valence-corrected chi connectivity index (χ1v) is 11.8. The molecular formula is C32H31NO2. The van der Waals surface area contributed by atoms with Crippen LogP contribution in [0.1, 0.15) is 35.3 Å². The number of carbonyl (C=O) groups is 1. The molecule has 1 unspecified atom stereocenters. The summed E-state index contributed by atoms with van der Waals surface area (Å²) >= 11 is 0. The summed E-state index contributed by atoms with van der Waals surface area (Å²) in [7, 11) is 0. The molecule has 0 aliphatic heterocycles. The molecule has 4 aromatic rings. The predicted molar refractivity (Wildman–Crippen MR) is 145 cm³/mol. The summed E-state index contributed by atoms with van der Waals surface area (Å²) in [5.41, 5.74) is 10.3. The average molecular weight is 462 g/mol. The van der Waals surface area contributed by atoms with Crippen LogP contribution in [0.3, 0.4) is 0 Å². The average Bonchev–Trinajstić information content (AvgIpc) is 2.88. The molecule has 0 spiro atoms. The molecule has 0 heterocycles. The summed E-state index contributed by atoms with van der Waals surface area (Å²) in [5, 5.41) is 0. The summed E-state index contributed by atoms with van der Waals surface area (Å²) < 4.78 is 5.32. The van der Waals surface area contributed by atoms with Gasteiger partial charge in [0.05, 0.1) is 0 Å². The van der Waals surface area contributed by atoms with Gasteiger partial charge >= 0.3 is 5.97 Å². The van der Waals surface area contributed by atoms with Gasteiger partial charge in [0, 0.05) is 23.1 Å². The van der Waals surface area contributed by atoms with Crippen LogP contribution in [0.2, 0.25) is 0 Å². The van der Waals surface area contributed by atoms with Gasteiger partial charge in [-0.3, -0.25) is 0 Å². The molecule has 0 aliphatic carbocycles. The Morgan fingerprint density at radius 1 is 0.743 bits per heavy atom. The Bertz CT molecular complexity index is 1320. The molecule has 0 aromatic heterocycles. The first-order valence-electron chi connectivity index (χ1n) is 11.8. The Balaban J connectivity index is 1.63. The van der Waals surface area contributed by atoms with Crippen LogP contribution >= 0.6 is 0 Å². The van der Waals surface area contributed by atoms with E-state index in [9.17, 15) is 4.79 Å². The van der Waals surface area contributed by atoms with Crippen LogP contribution in [0.4, 0.5) is 17.1 Å². The van der Waals surface area contributed by atoms with E-state index < -0.39 is 5.97 Å². The quantitative estimate of drug-likeness (QED) is 0.204. The lowest BCUT2D eigenvalue weighted by atomic mass is 10.0. The molecule has 3 heteroatoms. The number of esters is 1. The van der Waals surface area contributed by atoms with Crippen LogP contribution < -0.4 is 4.90 Å². The van der Waals surface area contributed by atoms with Gasteiger partial charge in [-0.25, -0.2) is 4.79 Å². The van der Waals surface area contributed by atoms with Crippen molar-refractivity contribution in [1.29, 1.82) is 0 Å². The van der Waals surface area contributed by atoms with Crippen LogP contribution in [0, 0.1) is 20.8 Å². The minimum Gasteiger partial charge on any atom is -0.455 e. The lowest BCUT2D eigenvalue weighted by Gasteiger charge is -2.26. The zero-order valence-corrected chi connectivity index (χ0v) is 20.8. The third-order valence-corrected chi connectivity index (χ3v) is 6.34. The molecule has 0 fully saturated rings. The number of ether oxygens (including phenoxy) is 1. The fraction of sp³-hybridized carbons (Fsp3) is 0.156. The maximum Gasteiger partial charge on any atom is 0.330 e. The zero-order valence-electron chi connectivity index (χ0n) is 20.8. The Morgan fingerprint density at radius 3 is 1.80 bits per heavy atom. The largest absolute Gasteiger partial charge is 0.455 e. The van der Waals surface area contributed by atoms with Gasteiger partial charge in [0.2, 0.25) is 0 Å². The lowest BCUT2D eigenvalue weighted by Crippen LogP contribution is -2.10. The molecule has 0 N–H and O–H groups in total. The molecule has 4 aromatic carbocycles. The van der Waals surface area contributed by atoms with Crippen molar-refractivity contribution in [3.63, 3.8) is 0 Å². The van der Waals surface area contributed by atoms with Gasteiger partial charge in [-0.05, 0) is 91.9 Å².